The molecule has 0 aliphatic heterocycles. The lowest BCUT2D eigenvalue weighted by atomic mass is 10.2. The van der Waals surface area contributed by atoms with Gasteiger partial charge < -0.3 is 10.0 Å². The van der Waals surface area contributed by atoms with Gasteiger partial charge in [0.1, 0.15) is 6.04 Å². The molecule has 0 aliphatic rings. The Morgan fingerprint density at radius 3 is 2.13 bits per heavy atom. The van der Waals surface area contributed by atoms with Crippen LogP contribution in [0.25, 0.3) is 0 Å². The van der Waals surface area contributed by atoms with Gasteiger partial charge in [-0.15, -0.1) is 0 Å². The zero-order valence-corrected chi connectivity index (χ0v) is 10.7. The Balaban J connectivity index is 4.28. The third kappa shape index (κ3) is 5.80. The fraction of sp³-hybridized carbons (Fsp3) is 0.833. The van der Waals surface area contributed by atoms with Crippen LogP contribution < -0.4 is 5.23 Å². The first-order valence-corrected chi connectivity index (χ1v) is 5.97. The molecule has 0 fully saturated rings. The molecule has 0 aromatic carbocycles. The fourth-order valence-corrected chi connectivity index (χ4v) is 1.43. The molecule has 0 rings (SSSR count). The molecule has 1 atom stereocenters. The smallest absolute Gasteiger partial charge is 0.163 e. The monoisotopic (exact) mass is 215 g/mol. The van der Waals surface area contributed by atoms with Crippen molar-refractivity contribution < 1.29 is 10.1 Å². The van der Waals surface area contributed by atoms with E-state index in [1.807, 2.05) is 26.8 Å². The highest BCUT2D eigenvalue weighted by molar-refractivity contribution is 4.92. The molecule has 0 radical (unpaired) electrons. The Bertz CT molecular complexity index is 186. The highest BCUT2D eigenvalue weighted by Crippen LogP contribution is 2.05. The molecule has 0 saturated carbocycles. The number of rotatable bonds is 7. The van der Waals surface area contributed by atoms with Crippen molar-refractivity contribution in [2.75, 3.05) is 0 Å². The van der Waals surface area contributed by atoms with Crippen LogP contribution in [-0.2, 0) is 4.84 Å². The Kier molecular flexibility index (Phi) is 7.44. The van der Waals surface area contributed by atoms with Gasteiger partial charge in [0.15, 0.2) is 5.76 Å². The predicted molar refractivity (Wildman–Crippen MR) is 63.0 cm³/mol. The maximum Gasteiger partial charge on any atom is 0.163 e. The summed E-state index contributed by atoms with van der Waals surface area (Å²) in [6.07, 6.45) is 4.51. The minimum absolute atomic E-state index is 0.0483. The summed E-state index contributed by atoms with van der Waals surface area (Å²) in [5, 5.41) is 11.6. The van der Waals surface area contributed by atoms with Crippen molar-refractivity contribution in [3.63, 3.8) is 0 Å². The molecular formula is C12H25NO2. The Hall–Kier alpha value is -0.540. The van der Waals surface area contributed by atoms with Crippen LogP contribution in [0.2, 0.25) is 0 Å². The van der Waals surface area contributed by atoms with Crippen molar-refractivity contribution in [2.45, 2.75) is 59.9 Å². The fourth-order valence-electron chi connectivity index (χ4n) is 1.43. The van der Waals surface area contributed by atoms with Gasteiger partial charge in [-0.25, -0.2) is 0 Å². The van der Waals surface area contributed by atoms with E-state index in [0.29, 0.717) is 5.92 Å². The standard InChI is InChI=1S/C12H25NO2/c1-6-11(7-2)13(14)15-12(8-3)9-10(4)5/h9-11,13H,6-8H2,1-5H3/b12-9-. The van der Waals surface area contributed by atoms with Crippen molar-refractivity contribution in [1.29, 1.82) is 0 Å². The number of allylic oxidation sites excluding steroid dienone is 2. The largest absolute Gasteiger partial charge is 0.591 e. The zero-order valence-electron chi connectivity index (χ0n) is 10.7. The summed E-state index contributed by atoms with van der Waals surface area (Å²) in [4.78, 5) is 5.38. The van der Waals surface area contributed by atoms with Crippen molar-refractivity contribution in [3.8, 4) is 0 Å². The van der Waals surface area contributed by atoms with Gasteiger partial charge in [0.25, 0.3) is 0 Å². The minimum atomic E-state index is -0.0752. The molecule has 0 spiro atoms. The Morgan fingerprint density at radius 1 is 1.27 bits per heavy atom. The van der Waals surface area contributed by atoms with Crippen molar-refractivity contribution in [1.82, 2.24) is 0 Å². The lowest BCUT2D eigenvalue weighted by Crippen LogP contribution is -3.10. The molecule has 0 aromatic rings. The average molecular weight is 215 g/mol. The first kappa shape index (κ1) is 14.5. The van der Waals surface area contributed by atoms with Gasteiger partial charge in [-0.2, -0.15) is 5.23 Å². The zero-order chi connectivity index (χ0) is 11.8. The van der Waals surface area contributed by atoms with Crippen LogP contribution in [0, 0.1) is 11.1 Å². The maximum atomic E-state index is 11.7. The summed E-state index contributed by atoms with van der Waals surface area (Å²) in [6, 6.07) is 0.0483. The molecule has 0 heterocycles. The predicted octanol–water partition coefficient (Wildman–Crippen LogP) is 2.44. The van der Waals surface area contributed by atoms with Crippen LogP contribution in [-0.4, -0.2) is 6.04 Å². The topological polar surface area (TPSA) is 36.7 Å². The van der Waals surface area contributed by atoms with Gasteiger partial charge in [-0.3, -0.25) is 0 Å². The molecule has 90 valence electrons. The number of hydrogen-bond donors (Lipinski definition) is 1. The quantitative estimate of drug-likeness (QED) is 0.523. The lowest BCUT2D eigenvalue weighted by Gasteiger charge is -2.28. The van der Waals surface area contributed by atoms with Gasteiger partial charge in [-0.1, -0.05) is 34.6 Å². The molecule has 3 nitrogen and oxygen atoms in total. The third-order valence-electron chi connectivity index (χ3n) is 2.42. The molecular weight excluding hydrogens is 190 g/mol. The Morgan fingerprint density at radius 2 is 1.80 bits per heavy atom. The molecule has 1 unspecified atom stereocenters. The van der Waals surface area contributed by atoms with Crippen LogP contribution in [0.1, 0.15) is 53.9 Å². The molecule has 1 N–H and O–H groups in total. The Labute approximate surface area is 93.6 Å². The lowest BCUT2D eigenvalue weighted by molar-refractivity contribution is -1.06. The van der Waals surface area contributed by atoms with Gasteiger partial charge in [-0.05, 0) is 12.0 Å². The number of nitrogens with one attached hydrogen (secondary N) is 1. The molecule has 0 saturated heterocycles. The van der Waals surface area contributed by atoms with E-state index in [9.17, 15) is 5.21 Å². The first-order chi connectivity index (χ1) is 7.04. The third-order valence-corrected chi connectivity index (χ3v) is 2.42. The van der Waals surface area contributed by atoms with E-state index in [0.717, 1.165) is 25.0 Å². The SMILES string of the molecule is CC/C(=C/C(C)C)O[NH+]([O-])C(CC)CC. The number of quaternary nitrogens is 1. The highest BCUT2D eigenvalue weighted by atomic mass is 16.9. The van der Waals surface area contributed by atoms with E-state index in [-0.39, 0.29) is 11.3 Å². The van der Waals surface area contributed by atoms with Crippen molar-refractivity contribution >= 4 is 0 Å². The van der Waals surface area contributed by atoms with Crippen molar-refractivity contribution in [2.24, 2.45) is 5.92 Å². The normalized spacial score (nSPS) is 14.8. The van der Waals surface area contributed by atoms with E-state index < -0.39 is 0 Å². The summed E-state index contributed by atoms with van der Waals surface area (Å²) in [5.41, 5.74) is 0. The van der Waals surface area contributed by atoms with Crippen LogP contribution in [0.15, 0.2) is 11.8 Å². The van der Waals surface area contributed by atoms with Gasteiger partial charge in [0.2, 0.25) is 0 Å². The summed E-state index contributed by atoms with van der Waals surface area (Å²) < 4.78 is 0. The van der Waals surface area contributed by atoms with Crippen molar-refractivity contribution in [3.05, 3.63) is 17.0 Å². The second kappa shape index (κ2) is 7.71. The summed E-state index contributed by atoms with van der Waals surface area (Å²) in [6.45, 7) is 10.2. The summed E-state index contributed by atoms with van der Waals surface area (Å²) >= 11 is 0. The van der Waals surface area contributed by atoms with Crippen LogP contribution in [0.5, 0.6) is 0 Å². The van der Waals surface area contributed by atoms with Crippen LogP contribution in [0.3, 0.4) is 0 Å². The second-order valence-electron chi connectivity index (χ2n) is 4.17. The summed E-state index contributed by atoms with van der Waals surface area (Å²) in [7, 11) is 0. The van der Waals surface area contributed by atoms with Gasteiger partial charge in [0.05, 0.1) is 0 Å². The second-order valence-corrected chi connectivity index (χ2v) is 4.17. The minimum Gasteiger partial charge on any atom is -0.591 e. The van der Waals surface area contributed by atoms with Crippen LogP contribution in [0.4, 0.5) is 0 Å². The van der Waals surface area contributed by atoms with E-state index in [1.54, 1.807) is 0 Å². The average Bonchev–Trinajstić information content (AvgIpc) is 2.17. The molecule has 0 amide bonds. The molecule has 0 aliphatic carbocycles. The number of hydrogen-bond acceptors (Lipinski definition) is 2. The molecule has 0 aromatic heterocycles. The molecule has 0 bridgehead atoms. The summed E-state index contributed by atoms with van der Waals surface area (Å²) in [5.74, 6) is 1.23. The van der Waals surface area contributed by atoms with E-state index in [2.05, 4.69) is 13.8 Å². The van der Waals surface area contributed by atoms with E-state index in [4.69, 9.17) is 4.84 Å². The molecule has 15 heavy (non-hydrogen) atoms. The molecule has 3 heteroatoms. The first-order valence-electron chi connectivity index (χ1n) is 5.97. The van der Waals surface area contributed by atoms with Gasteiger partial charge >= 0.3 is 0 Å². The van der Waals surface area contributed by atoms with E-state index in [1.165, 1.54) is 0 Å². The van der Waals surface area contributed by atoms with E-state index >= 15 is 0 Å². The number of hydroxylamine groups is 2. The highest BCUT2D eigenvalue weighted by Gasteiger charge is 2.14. The van der Waals surface area contributed by atoms with Crippen LogP contribution >= 0.6 is 0 Å². The van der Waals surface area contributed by atoms with Gasteiger partial charge in [0, 0.05) is 19.3 Å². The maximum absolute atomic E-state index is 11.7.